The van der Waals surface area contributed by atoms with E-state index in [0.29, 0.717) is 53.2 Å². The van der Waals surface area contributed by atoms with Crippen LogP contribution in [0.2, 0.25) is 5.02 Å². The van der Waals surface area contributed by atoms with E-state index < -0.39 is 42.7 Å². The maximum atomic E-state index is 13.9. The third-order valence-electron chi connectivity index (χ3n) is 6.91. The molecule has 2 aromatic carbocycles. The minimum absolute atomic E-state index is 0.00523. The quantitative estimate of drug-likeness (QED) is 0.197. The Balaban J connectivity index is 1.71. The number of thiophene rings is 1. The van der Waals surface area contributed by atoms with Crippen molar-refractivity contribution in [3.8, 4) is 27.3 Å². The Morgan fingerprint density at radius 1 is 1.10 bits per heavy atom. The Bertz CT molecular complexity index is 1390. The van der Waals surface area contributed by atoms with E-state index in [1.807, 2.05) is 0 Å². The van der Waals surface area contributed by atoms with Gasteiger partial charge < -0.3 is 15.6 Å². The smallest absolute Gasteiger partial charge is 0.390 e. The summed E-state index contributed by atoms with van der Waals surface area (Å²) in [4.78, 5) is 26.2. The number of aliphatic hydroxyl groups excluding tert-OH is 1. The van der Waals surface area contributed by atoms with Crippen molar-refractivity contribution in [3.63, 3.8) is 0 Å². The Labute approximate surface area is 249 Å². The van der Waals surface area contributed by atoms with E-state index in [4.69, 9.17) is 27.2 Å². The summed E-state index contributed by atoms with van der Waals surface area (Å²) in [6.45, 7) is 0.125. The molecule has 0 radical (unpaired) electrons. The number of hydrazine groups is 1. The number of carbonyl (C=O) groups excluding carboxylic acids is 2. The molecule has 0 spiro atoms. The normalized spacial score (nSPS) is 14.6. The van der Waals surface area contributed by atoms with E-state index in [0.717, 1.165) is 22.4 Å². The number of ether oxygens (including phenoxy) is 1. The maximum Gasteiger partial charge on any atom is 0.390 e. The molecule has 1 saturated heterocycles. The van der Waals surface area contributed by atoms with Gasteiger partial charge in [0.25, 0.3) is 5.91 Å². The number of benzene rings is 2. The molecule has 1 fully saturated rings. The molecular weight excluding hydrogens is 598 g/mol. The van der Waals surface area contributed by atoms with Crippen molar-refractivity contribution in [2.75, 3.05) is 32.8 Å². The summed E-state index contributed by atoms with van der Waals surface area (Å²) in [6, 6.07) is 12.5. The van der Waals surface area contributed by atoms with Crippen LogP contribution in [0.15, 0.2) is 48.5 Å². The van der Waals surface area contributed by atoms with Crippen molar-refractivity contribution in [2.45, 2.75) is 31.9 Å². The molecule has 0 saturated carbocycles. The maximum absolute atomic E-state index is 13.9. The van der Waals surface area contributed by atoms with Gasteiger partial charge in [-0.15, -0.1) is 11.3 Å². The fourth-order valence-electron chi connectivity index (χ4n) is 4.69. The largest absolute Gasteiger partial charge is 0.494 e. The lowest BCUT2D eigenvalue weighted by Gasteiger charge is -2.39. The van der Waals surface area contributed by atoms with Gasteiger partial charge in [0.2, 0.25) is 5.91 Å². The summed E-state index contributed by atoms with van der Waals surface area (Å²) >= 11 is 7.44. The second-order valence-corrected chi connectivity index (χ2v) is 11.3. The van der Waals surface area contributed by atoms with Crippen molar-refractivity contribution in [2.24, 2.45) is 11.7 Å². The number of aliphatic hydroxyl groups is 1. The van der Waals surface area contributed by atoms with Crippen LogP contribution in [0.3, 0.4) is 0 Å². The Kier molecular flexibility index (Phi) is 10.5. The van der Waals surface area contributed by atoms with E-state index in [-0.39, 0.29) is 29.6 Å². The number of amides is 2. The topological polar surface area (TPSA) is 96.1 Å². The molecule has 7 nitrogen and oxygen atoms in total. The number of halogens is 5. The number of alkyl halides is 3. The summed E-state index contributed by atoms with van der Waals surface area (Å²) in [5.74, 6) is -1.48. The van der Waals surface area contributed by atoms with Crippen LogP contribution in [0.1, 0.15) is 35.4 Å². The molecular formula is C29H30ClF4N3O4S. The number of nitrogens with two attached hydrogens (primary N) is 1. The van der Waals surface area contributed by atoms with E-state index in [1.165, 1.54) is 17.1 Å². The van der Waals surface area contributed by atoms with Gasteiger partial charge in [0, 0.05) is 54.6 Å². The zero-order valence-electron chi connectivity index (χ0n) is 22.5. The predicted molar refractivity (Wildman–Crippen MR) is 153 cm³/mol. The highest BCUT2D eigenvalue weighted by Gasteiger charge is 2.35. The first kappa shape index (κ1) is 31.7. The van der Waals surface area contributed by atoms with E-state index >= 15 is 0 Å². The van der Waals surface area contributed by atoms with Gasteiger partial charge in [0.1, 0.15) is 11.6 Å². The molecule has 0 bridgehead atoms. The number of rotatable bonds is 11. The zero-order valence-corrected chi connectivity index (χ0v) is 24.1. The van der Waals surface area contributed by atoms with Gasteiger partial charge in [-0.2, -0.15) is 13.2 Å². The molecule has 3 aromatic rings. The zero-order chi connectivity index (χ0) is 30.4. The third-order valence-corrected chi connectivity index (χ3v) is 8.38. The van der Waals surface area contributed by atoms with E-state index in [9.17, 15) is 27.2 Å². The molecule has 0 aliphatic carbocycles. The van der Waals surface area contributed by atoms with Gasteiger partial charge >= 0.3 is 6.18 Å². The van der Waals surface area contributed by atoms with Crippen LogP contribution in [-0.4, -0.2) is 66.0 Å². The third kappa shape index (κ3) is 8.00. The summed E-state index contributed by atoms with van der Waals surface area (Å²) in [7, 11) is 0. The summed E-state index contributed by atoms with van der Waals surface area (Å²) < 4.78 is 59.2. The Hall–Kier alpha value is -3.19. The minimum atomic E-state index is -4.49. The van der Waals surface area contributed by atoms with Crippen LogP contribution >= 0.6 is 22.9 Å². The fourth-order valence-corrected chi connectivity index (χ4v) is 6.17. The average molecular weight is 628 g/mol. The van der Waals surface area contributed by atoms with Crippen molar-refractivity contribution in [3.05, 3.63) is 64.2 Å². The second kappa shape index (κ2) is 13.9. The first-order chi connectivity index (χ1) is 20.0. The van der Waals surface area contributed by atoms with Gasteiger partial charge in [-0.3, -0.25) is 14.6 Å². The van der Waals surface area contributed by atoms with Gasteiger partial charge in [0.05, 0.1) is 22.9 Å². The van der Waals surface area contributed by atoms with Crippen molar-refractivity contribution in [1.29, 1.82) is 0 Å². The molecule has 4 rings (SSSR count). The summed E-state index contributed by atoms with van der Waals surface area (Å²) in [5.41, 5.74) is 7.14. The van der Waals surface area contributed by atoms with Crippen LogP contribution in [-0.2, 0) is 4.79 Å². The molecule has 0 unspecified atom stereocenters. The van der Waals surface area contributed by atoms with Crippen molar-refractivity contribution >= 4 is 34.8 Å². The number of piperidine rings is 1. The van der Waals surface area contributed by atoms with E-state index in [2.05, 4.69) is 0 Å². The Morgan fingerprint density at radius 3 is 2.38 bits per heavy atom. The number of hydrogen-bond acceptors (Lipinski definition) is 6. The first-order valence-corrected chi connectivity index (χ1v) is 14.5. The average Bonchev–Trinajstić information content (AvgIpc) is 3.38. The lowest BCUT2D eigenvalue weighted by Crippen LogP contribution is -2.52. The van der Waals surface area contributed by atoms with Gasteiger partial charge in [0.15, 0.2) is 0 Å². The Morgan fingerprint density at radius 2 is 1.79 bits per heavy atom. The molecule has 1 aliphatic rings. The van der Waals surface area contributed by atoms with Crippen LogP contribution in [0.25, 0.3) is 21.6 Å². The van der Waals surface area contributed by atoms with Crippen molar-refractivity contribution < 1.29 is 37.0 Å². The monoisotopic (exact) mass is 627 g/mol. The molecule has 13 heteroatoms. The highest BCUT2D eigenvalue weighted by Crippen LogP contribution is 2.43. The lowest BCUT2D eigenvalue weighted by atomic mass is 9.97. The SMILES string of the molecule is NC(=O)C1CCN(N(CCC(F)(F)F)C(=O)c2cc(-c3ccc(OCCCO)cc3)c(-c3ccc(F)cc3Cl)s2)CC1. The number of nitrogens with zero attached hydrogens (tertiary/aromatic N) is 2. The lowest BCUT2D eigenvalue weighted by molar-refractivity contribution is -0.146. The summed E-state index contributed by atoms with van der Waals surface area (Å²) in [6.07, 6.45) is -4.58. The molecule has 226 valence electrons. The molecule has 2 amide bonds. The number of hydrogen-bond donors (Lipinski definition) is 2. The van der Waals surface area contributed by atoms with E-state index in [1.54, 1.807) is 30.3 Å². The molecule has 1 aliphatic heterocycles. The highest BCUT2D eigenvalue weighted by atomic mass is 35.5. The second-order valence-electron chi connectivity index (χ2n) is 9.85. The van der Waals surface area contributed by atoms with Crippen LogP contribution in [0.4, 0.5) is 17.6 Å². The molecule has 2 heterocycles. The number of primary amides is 1. The van der Waals surface area contributed by atoms with Crippen LogP contribution < -0.4 is 10.5 Å². The number of carbonyl (C=O) groups is 2. The fraction of sp³-hybridized carbons (Fsp3) is 0.379. The van der Waals surface area contributed by atoms with Gasteiger partial charge in [-0.05, 0) is 54.8 Å². The molecule has 3 N–H and O–H groups in total. The standard InChI is InChI=1S/C29H30ClF4N3O4S/c30-24-16-20(31)4-7-22(24)26-23(18-2-5-21(6-3-18)41-15-1-14-38)17-25(42-26)28(40)37(13-10-29(32,33)34)36-11-8-19(9-12-36)27(35)39/h2-7,16-17,19,38H,1,8-15H2,(H2,35,39). The minimum Gasteiger partial charge on any atom is -0.494 e. The highest BCUT2D eigenvalue weighted by molar-refractivity contribution is 7.18. The van der Waals surface area contributed by atoms with Gasteiger partial charge in [-0.1, -0.05) is 23.7 Å². The van der Waals surface area contributed by atoms with Crippen LogP contribution in [0.5, 0.6) is 5.75 Å². The first-order valence-electron chi connectivity index (χ1n) is 13.3. The molecule has 1 aromatic heterocycles. The van der Waals surface area contributed by atoms with Gasteiger partial charge in [-0.25, -0.2) is 9.40 Å². The predicted octanol–water partition coefficient (Wildman–Crippen LogP) is 6.14. The molecule has 42 heavy (non-hydrogen) atoms. The van der Waals surface area contributed by atoms with Crippen LogP contribution in [0, 0.1) is 11.7 Å². The summed E-state index contributed by atoms with van der Waals surface area (Å²) in [5, 5.41) is 11.7. The molecule has 0 atom stereocenters. The van der Waals surface area contributed by atoms with Crippen molar-refractivity contribution in [1.82, 2.24) is 10.0 Å².